The van der Waals surface area contributed by atoms with Crippen LogP contribution in [0, 0.1) is 0 Å². The molecule has 0 spiro atoms. The Morgan fingerprint density at radius 2 is 1.93 bits per heavy atom. The number of ether oxygens (including phenoxy) is 1. The molecule has 7 nitrogen and oxygen atoms in total. The van der Waals surface area contributed by atoms with E-state index in [0.29, 0.717) is 31.9 Å². The first-order valence-electron chi connectivity index (χ1n) is 9.32. The summed E-state index contributed by atoms with van der Waals surface area (Å²) in [5.41, 5.74) is 2.64. The zero-order chi connectivity index (χ0) is 18.2. The van der Waals surface area contributed by atoms with Crippen LogP contribution in [0.25, 0.3) is 11.0 Å². The van der Waals surface area contributed by atoms with Crippen LogP contribution in [0.5, 0.6) is 0 Å². The van der Waals surface area contributed by atoms with Gasteiger partial charge in [-0.25, -0.2) is 9.97 Å². The molecule has 0 N–H and O–H groups in total. The summed E-state index contributed by atoms with van der Waals surface area (Å²) in [5, 5.41) is 0. The van der Waals surface area contributed by atoms with Gasteiger partial charge in [0.05, 0.1) is 17.6 Å². The third-order valence-corrected chi connectivity index (χ3v) is 5.30. The molecule has 0 bridgehead atoms. The van der Waals surface area contributed by atoms with Crippen LogP contribution < -0.4 is 4.90 Å². The lowest BCUT2D eigenvalue weighted by molar-refractivity contribution is 0.0746. The van der Waals surface area contributed by atoms with Crippen LogP contribution in [0.1, 0.15) is 16.2 Å². The smallest absolute Gasteiger partial charge is 0.254 e. The fraction of sp³-hybridized carbons (Fsp3) is 0.350. The summed E-state index contributed by atoms with van der Waals surface area (Å²) in [6, 6.07) is 11.8. The van der Waals surface area contributed by atoms with Gasteiger partial charge in [0.1, 0.15) is 18.2 Å². The Bertz CT molecular complexity index is 977. The number of carbonyl (C=O) groups excluding carboxylic acids is 1. The van der Waals surface area contributed by atoms with Crippen molar-refractivity contribution in [2.24, 2.45) is 0 Å². The number of anilines is 1. The van der Waals surface area contributed by atoms with Gasteiger partial charge in [0, 0.05) is 44.5 Å². The zero-order valence-electron chi connectivity index (χ0n) is 15.0. The lowest BCUT2D eigenvalue weighted by Gasteiger charge is -2.35. The minimum absolute atomic E-state index is 0.0693. The first-order valence-corrected chi connectivity index (χ1v) is 9.32. The van der Waals surface area contributed by atoms with E-state index < -0.39 is 0 Å². The number of nitrogens with zero attached hydrogens (tertiary/aromatic N) is 5. The quantitative estimate of drug-likeness (QED) is 0.696. The summed E-state index contributed by atoms with van der Waals surface area (Å²) in [7, 11) is 0. The molecule has 7 heteroatoms. The van der Waals surface area contributed by atoms with E-state index in [-0.39, 0.29) is 5.91 Å². The second-order valence-electron chi connectivity index (χ2n) is 6.90. The van der Waals surface area contributed by atoms with Crippen molar-refractivity contribution in [1.29, 1.82) is 0 Å². The largest absolute Gasteiger partial charge is 0.372 e. The standard InChI is InChI=1S/C20H21N5O2/c26-20(24-9-7-23(8-10-24)18-3-1-2-6-21-18)15-4-5-17-16(13-15)22-19-14-27-12-11-25(17)19/h1-6,13H,7-12,14H2. The normalized spacial score (nSPS) is 17.2. The number of hydrogen-bond acceptors (Lipinski definition) is 5. The highest BCUT2D eigenvalue weighted by Crippen LogP contribution is 2.22. The Balaban J connectivity index is 1.32. The number of amides is 1. The van der Waals surface area contributed by atoms with Crippen LogP contribution in [0.15, 0.2) is 42.6 Å². The SMILES string of the molecule is O=C(c1ccc2c(c1)nc1n2CCOC1)N1CCN(c2ccccn2)CC1. The van der Waals surface area contributed by atoms with Crippen molar-refractivity contribution in [3.8, 4) is 0 Å². The number of benzene rings is 1. The van der Waals surface area contributed by atoms with E-state index in [2.05, 4.69) is 19.4 Å². The molecule has 0 saturated carbocycles. The van der Waals surface area contributed by atoms with Crippen LogP contribution in [0.4, 0.5) is 5.82 Å². The van der Waals surface area contributed by atoms with E-state index in [1.165, 1.54) is 0 Å². The highest BCUT2D eigenvalue weighted by molar-refractivity contribution is 5.97. The third-order valence-electron chi connectivity index (χ3n) is 5.30. The lowest BCUT2D eigenvalue weighted by Crippen LogP contribution is -2.49. The molecule has 2 aromatic heterocycles. The zero-order valence-corrected chi connectivity index (χ0v) is 15.0. The number of rotatable bonds is 2. The number of imidazole rings is 1. The number of hydrogen-bond donors (Lipinski definition) is 0. The summed E-state index contributed by atoms with van der Waals surface area (Å²) >= 11 is 0. The molecule has 1 fully saturated rings. The average Bonchev–Trinajstić information content (AvgIpc) is 3.12. The molecule has 1 aromatic carbocycles. The molecule has 0 aliphatic carbocycles. The van der Waals surface area contributed by atoms with Gasteiger partial charge >= 0.3 is 0 Å². The van der Waals surface area contributed by atoms with Gasteiger partial charge in [-0.05, 0) is 30.3 Å². The number of carbonyl (C=O) groups is 1. The molecule has 0 radical (unpaired) electrons. The first-order chi connectivity index (χ1) is 13.3. The maximum Gasteiger partial charge on any atom is 0.254 e. The van der Waals surface area contributed by atoms with Gasteiger partial charge in [0.15, 0.2) is 0 Å². The van der Waals surface area contributed by atoms with Gasteiger partial charge in [0.2, 0.25) is 0 Å². The van der Waals surface area contributed by atoms with E-state index in [9.17, 15) is 4.79 Å². The Kier molecular flexibility index (Phi) is 4.01. The fourth-order valence-corrected chi connectivity index (χ4v) is 3.85. The van der Waals surface area contributed by atoms with Crippen molar-refractivity contribution in [3.05, 3.63) is 54.0 Å². The molecular formula is C20H21N5O2. The van der Waals surface area contributed by atoms with E-state index in [0.717, 1.165) is 42.3 Å². The van der Waals surface area contributed by atoms with Gasteiger partial charge < -0.3 is 19.1 Å². The molecule has 3 aromatic rings. The molecule has 0 atom stereocenters. The van der Waals surface area contributed by atoms with Crippen molar-refractivity contribution < 1.29 is 9.53 Å². The van der Waals surface area contributed by atoms with E-state index in [4.69, 9.17) is 4.74 Å². The minimum Gasteiger partial charge on any atom is -0.372 e. The molecule has 27 heavy (non-hydrogen) atoms. The van der Waals surface area contributed by atoms with Crippen LogP contribution >= 0.6 is 0 Å². The summed E-state index contributed by atoms with van der Waals surface area (Å²) < 4.78 is 7.66. The topological polar surface area (TPSA) is 63.5 Å². The van der Waals surface area contributed by atoms with Gasteiger partial charge in [-0.2, -0.15) is 0 Å². The highest BCUT2D eigenvalue weighted by atomic mass is 16.5. The predicted molar refractivity (Wildman–Crippen MR) is 102 cm³/mol. The fourth-order valence-electron chi connectivity index (χ4n) is 3.85. The summed E-state index contributed by atoms with van der Waals surface area (Å²) in [6.45, 7) is 5.03. The molecule has 138 valence electrons. The van der Waals surface area contributed by atoms with E-state index in [1.807, 2.05) is 41.3 Å². The van der Waals surface area contributed by atoms with Crippen molar-refractivity contribution in [2.45, 2.75) is 13.2 Å². The van der Waals surface area contributed by atoms with Gasteiger partial charge in [-0.15, -0.1) is 0 Å². The Morgan fingerprint density at radius 1 is 1.04 bits per heavy atom. The second-order valence-corrected chi connectivity index (χ2v) is 6.90. The van der Waals surface area contributed by atoms with Crippen molar-refractivity contribution in [3.63, 3.8) is 0 Å². The summed E-state index contributed by atoms with van der Waals surface area (Å²) in [4.78, 5) is 26.1. The molecule has 0 unspecified atom stereocenters. The van der Waals surface area contributed by atoms with E-state index in [1.54, 1.807) is 6.20 Å². The maximum absolute atomic E-state index is 13.0. The highest BCUT2D eigenvalue weighted by Gasteiger charge is 2.24. The Morgan fingerprint density at radius 3 is 2.74 bits per heavy atom. The summed E-state index contributed by atoms with van der Waals surface area (Å²) in [5.74, 6) is 1.97. The van der Waals surface area contributed by atoms with Gasteiger partial charge in [0.25, 0.3) is 5.91 Å². The second kappa shape index (κ2) is 6.66. The molecule has 1 saturated heterocycles. The number of piperazine rings is 1. The molecule has 5 rings (SSSR count). The Hall–Kier alpha value is -2.93. The number of pyridine rings is 1. The molecule has 2 aliphatic rings. The molecule has 4 heterocycles. The van der Waals surface area contributed by atoms with E-state index >= 15 is 0 Å². The Labute approximate surface area is 157 Å². The lowest BCUT2D eigenvalue weighted by atomic mass is 10.1. The third kappa shape index (κ3) is 2.94. The van der Waals surface area contributed by atoms with Crippen LogP contribution in [-0.4, -0.2) is 58.1 Å². The van der Waals surface area contributed by atoms with Crippen LogP contribution in [0.2, 0.25) is 0 Å². The molecular weight excluding hydrogens is 342 g/mol. The molecule has 1 amide bonds. The monoisotopic (exact) mass is 363 g/mol. The van der Waals surface area contributed by atoms with Crippen LogP contribution in [0.3, 0.4) is 0 Å². The van der Waals surface area contributed by atoms with Crippen molar-refractivity contribution >= 4 is 22.8 Å². The number of fused-ring (bicyclic) bond motifs is 3. The number of aromatic nitrogens is 3. The summed E-state index contributed by atoms with van der Waals surface area (Å²) in [6.07, 6.45) is 1.80. The van der Waals surface area contributed by atoms with Gasteiger partial charge in [-0.3, -0.25) is 4.79 Å². The maximum atomic E-state index is 13.0. The first kappa shape index (κ1) is 16.3. The van der Waals surface area contributed by atoms with Crippen molar-refractivity contribution in [1.82, 2.24) is 19.4 Å². The average molecular weight is 363 g/mol. The van der Waals surface area contributed by atoms with Crippen LogP contribution in [-0.2, 0) is 17.9 Å². The van der Waals surface area contributed by atoms with Gasteiger partial charge in [-0.1, -0.05) is 6.07 Å². The minimum atomic E-state index is 0.0693. The predicted octanol–water partition coefficient (Wildman–Crippen LogP) is 1.92. The van der Waals surface area contributed by atoms with Crippen molar-refractivity contribution in [2.75, 3.05) is 37.7 Å². The molecule has 2 aliphatic heterocycles.